The standard InChI is InChI=1S/C13H17N3O/c1-2-7-15-12(17)9-16-8-10-5-3-4-6-11(10)13(16)14/h3-6,14H,2,7-9H2,1H3,(H,15,17). The molecule has 1 amide bonds. The van der Waals surface area contributed by atoms with Gasteiger partial charge in [-0.3, -0.25) is 10.2 Å². The van der Waals surface area contributed by atoms with Crippen molar-refractivity contribution < 1.29 is 4.79 Å². The number of hydrogen-bond acceptors (Lipinski definition) is 2. The van der Waals surface area contributed by atoms with Gasteiger partial charge >= 0.3 is 0 Å². The first-order chi connectivity index (χ1) is 8.22. The minimum Gasteiger partial charge on any atom is -0.355 e. The van der Waals surface area contributed by atoms with Gasteiger partial charge in [0, 0.05) is 18.7 Å². The van der Waals surface area contributed by atoms with E-state index >= 15 is 0 Å². The second-order valence-electron chi connectivity index (χ2n) is 4.21. The molecule has 0 saturated heterocycles. The summed E-state index contributed by atoms with van der Waals surface area (Å²) < 4.78 is 0. The molecule has 1 heterocycles. The molecule has 2 rings (SSSR count). The summed E-state index contributed by atoms with van der Waals surface area (Å²) in [5, 5.41) is 10.8. The number of amides is 1. The largest absolute Gasteiger partial charge is 0.355 e. The van der Waals surface area contributed by atoms with Crippen LogP contribution in [-0.2, 0) is 11.3 Å². The molecular weight excluding hydrogens is 214 g/mol. The predicted molar refractivity (Wildman–Crippen MR) is 67.0 cm³/mol. The van der Waals surface area contributed by atoms with E-state index in [1.807, 2.05) is 31.2 Å². The second kappa shape index (κ2) is 4.99. The molecule has 1 aromatic carbocycles. The van der Waals surface area contributed by atoms with Crippen molar-refractivity contribution in [3.8, 4) is 0 Å². The number of nitrogens with zero attached hydrogens (tertiary/aromatic N) is 1. The van der Waals surface area contributed by atoms with Crippen LogP contribution < -0.4 is 5.32 Å². The van der Waals surface area contributed by atoms with Crippen LogP contribution in [-0.4, -0.2) is 29.7 Å². The van der Waals surface area contributed by atoms with Gasteiger partial charge in [0.15, 0.2) is 0 Å². The van der Waals surface area contributed by atoms with Crippen molar-refractivity contribution in [3.05, 3.63) is 35.4 Å². The number of carbonyl (C=O) groups is 1. The lowest BCUT2D eigenvalue weighted by atomic mass is 10.1. The molecule has 0 fully saturated rings. The highest BCUT2D eigenvalue weighted by atomic mass is 16.2. The van der Waals surface area contributed by atoms with Gasteiger partial charge in [-0.1, -0.05) is 31.2 Å². The van der Waals surface area contributed by atoms with E-state index in [1.54, 1.807) is 4.90 Å². The molecule has 0 bridgehead atoms. The van der Waals surface area contributed by atoms with Gasteiger partial charge in [-0.25, -0.2) is 0 Å². The van der Waals surface area contributed by atoms with E-state index in [0.717, 1.165) is 17.5 Å². The fourth-order valence-electron chi connectivity index (χ4n) is 1.97. The van der Waals surface area contributed by atoms with E-state index in [1.165, 1.54) is 0 Å². The molecule has 0 saturated carbocycles. The molecular formula is C13H17N3O. The Kier molecular flexibility index (Phi) is 3.42. The van der Waals surface area contributed by atoms with Gasteiger partial charge in [-0.2, -0.15) is 0 Å². The van der Waals surface area contributed by atoms with Crippen LogP contribution in [0.15, 0.2) is 24.3 Å². The molecule has 4 heteroatoms. The molecule has 0 spiro atoms. The van der Waals surface area contributed by atoms with E-state index in [9.17, 15) is 4.79 Å². The number of benzene rings is 1. The molecule has 0 unspecified atom stereocenters. The highest BCUT2D eigenvalue weighted by Gasteiger charge is 2.24. The quantitative estimate of drug-likeness (QED) is 0.822. The predicted octanol–water partition coefficient (Wildman–Crippen LogP) is 1.35. The van der Waals surface area contributed by atoms with Crippen molar-refractivity contribution in [2.75, 3.05) is 13.1 Å². The lowest BCUT2D eigenvalue weighted by Gasteiger charge is -2.17. The second-order valence-corrected chi connectivity index (χ2v) is 4.21. The number of amidine groups is 1. The number of carbonyl (C=O) groups excluding carboxylic acids is 1. The minimum absolute atomic E-state index is 0.00981. The summed E-state index contributed by atoms with van der Waals surface area (Å²) in [5.74, 6) is 0.441. The lowest BCUT2D eigenvalue weighted by Crippen LogP contribution is -2.37. The van der Waals surface area contributed by atoms with E-state index < -0.39 is 0 Å². The van der Waals surface area contributed by atoms with Crippen LogP contribution in [0.25, 0.3) is 0 Å². The summed E-state index contributed by atoms with van der Waals surface area (Å²) in [5.41, 5.74) is 2.07. The zero-order chi connectivity index (χ0) is 12.3. The van der Waals surface area contributed by atoms with Crippen LogP contribution in [0.4, 0.5) is 0 Å². The fourth-order valence-corrected chi connectivity index (χ4v) is 1.97. The van der Waals surface area contributed by atoms with Crippen LogP contribution in [0.5, 0.6) is 0 Å². The molecule has 0 radical (unpaired) electrons. The van der Waals surface area contributed by atoms with E-state index in [-0.39, 0.29) is 12.5 Å². The highest BCUT2D eigenvalue weighted by Crippen LogP contribution is 2.21. The first kappa shape index (κ1) is 11.6. The average molecular weight is 231 g/mol. The van der Waals surface area contributed by atoms with Gasteiger partial charge < -0.3 is 10.2 Å². The number of rotatable bonds is 4. The first-order valence-electron chi connectivity index (χ1n) is 5.91. The molecule has 0 atom stereocenters. The number of hydrogen-bond donors (Lipinski definition) is 2. The Bertz CT molecular complexity index is 442. The summed E-state index contributed by atoms with van der Waals surface area (Å²) in [6.07, 6.45) is 0.934. The van der Waals surface area contributed by atoms with E-state index in [4.69, 9.17) is 5.41 Å². The number of fused-ring (bicyclic) bond motifs is 1. The Hall–Kier alpha value is -1.84. The Morgan fingerprint density at radius 3 is 2.94 bits per heavy atom. The van der Waals surface area contributed by atoms with E-state index in [2.05, 4.69) is 5.32 Å². The topological polar surface area (TPSA) is 56.2 Å². The van der Waals surface area contributed by atoms with Crippen LogP contribution >= 0.6 is 0 Å². The maximum Gasteiger partial charge on any atom is 0.239 e. The van der Waals surface area contributed by atoms with Crippen LogP contribution in [0.3, 0.4) is 0 Å². The van der Waals surface area contributed by atoms with Crippen molar-refractivity contribution in [3.63, 3.8) is 0 Å². The molecule has 1 aliphatic heterocycles. The summed E-state index contributed by atoms with van der Waals surface area (Å²) >= 11 is 0. The zero-order valence-electron chi connectivity index (χ0n) is 9.99. The Labute approximate surface area is 101 Å². The fraction of sp³-hybridized carbons (Fsp3) is 0.385. The lowest BCUT2D eigenvalue weighted by molar-refractivity contribution is -0.121. The maximum absolute atomic E-state index is 11.6. The van der Waals surface area contributed by atoms with E-state index in [0.29, 0.717) is 18.9 Å². The number of nitrogens with one attached hydrogen (secondary N) is 2. The molecule has 17 heavy (non-hydrogen) atoms. The van der Waals surface area contributed by atoms with Crippen LogP contribution in [0.1, 0.15) is 24.5 Å². The molecule has 0 aliphatic carbocycles. The Balaban J connectivity index is 1.98. The summed E-state index contributed by atoms with van der Waals surface area (Å²) in [6.45, 7) is 3.66. The van der Waals surface area contributed by atoms with Gasteiger partial charge in [0.05, 0.1) is 6.54 Å². The molecule has 90 valence electrons. The summed E-state index contributed by atoms with van der Waals surface area (Å²) in [7, 11) is 0. The molecule has 2 N–H and O–H groups in total. The van der Waals surface area contributed by atoms with Crippen molar-refractivity contribution in [1.29, 1.82) is 5.41 Å². The van der Waals surface area contributed by atoms with Gasteiger partial charge in [0.25, 0.3) is 0 Å². The zero-order valence-corrected chi connectivity index (χ0v) is 9.99. The molecule has 0 aromatic heterocycles. The monoisotopic (exact) mass is 231 g/mol. The van der Waals surface area contributed by atoms with Crippen LogP contribution in [0, 0.1) is 5.41 Å². The van der Waals surface area contributed by atoms with Gasteiger partial charge in [0.2, 0.25) is 5.91 Å². The van der Waals surface area contributed by atoms with Gasteiger partial charge in [0.1, 0.15) is 5.84 Å². The third-order valence-corrected chi connectivity index (χ3v) is 2.86. The van der Waals surface area contributed by atoms with Gasteiger partial charge in [-0.05, 0) is 12.0 Å². The first-order valence-corrected chi connectivity index (χ1v) is 5.91. The highest BCUT2D eigenvalue weighted by molar-refractivity contribution is 6.01. The minimum atomic E-state index is -0.00981. The van der Waals surface area contributed by atoms with Crippen LogP contribution in [0.2, 0.25) is 0 Å². The van der Waals surface area contributed by atoms with Crippen molar-refractivity contribution in [2.45, 2.75) is 19.9 Å². The van der Waals surface area contributed by atoms with Crippen molar-refractivity contribution in [1.82, 2.24) is 10.2 Å². The third kappa shape index (κ3) is 2.46. The smallest absolute Gasteiger partial charge is 0.239 e. The van der Waals surface area contributed by atoms with Gasteiger partial charge in [-0.15, -0.1) is 0 Å². The van der Waals surface area contributed by atoms with Crippen molar-refractivity contribution >= 4 is 11.7 Å². The average Bonchev–Trinajstić information content (AvgIpc) is 2.64. The molecule has 1 aliphatic rings. The molecule has 4 nitrogen and oxygen atoms in total. The SMILES string of the molecule is CCCNC(=O)CN1Cc2ccccc2C1=N. The normalized spacial score (nSPS) is 13.7. The summed E-state index contributed by atoms with van der Waals surface area (Å²) in [6, 6.07) is 7.83. The van der Waals surface area contributed by atoms with Crippen molar-refractivity contribution in [2.24, 2.45) is 0 Å². The third-order valence-electron chi connectivity index (χ3n) is 2.86. The maximum atomic E-state index is 11.6. The Morgan fingerprint density at radius 2 is 2.24 bits per heavy atom. The molecule has 1 aromatic rings. The Morgan fingerprint density at radius 1 is 1.47 bits per heavy atom. The summed E-state index contributed by atoms with van der Waals surface area (Å²) in [4.78, 5) is 13.4.